The van der Waals surface area contributed by atoms with Crippen molar-refractivity contribution >= 4 is 23.3 Å². The molecule has 174 valence electrons. The quantitative estimate of drug-likeness (QED) is 0.251. The first kappa shape index (κ1) is 25.0. The lowest BCUT2D eigenvalue weighted by molar-refractivity contribution is -0.385. The van der Waals surface area contributed by atoms with E-state index in [1.165, 1.54) is 32.4 Å². The molecule has 1 aliphatic rings. The van der Waals surface area contributed by atoms with Crippen LogP contribution in [0.5, 0.6) is 5.75 Å². The van der Waals surface area contributed by atoms with Gasteiger partial charge < -0.3 is 19.5 Å². The van der Waals surface area contributed by atoms with E-state index in [9.17, 15) is 19.7 Å². The van der Waals surface area contributed by atoms with Crippen LogP contribution in [0.2, 0.25) is 0 Å². The number of esters is 2. The second-order valence-corrected chi connectivity index (χ2v) is 7.36. The molecule has 1 aliphatic heterocycles. The number of carbonyl (C=O) groups is 2. The standard InChI is InChI=1S/C22H29N3O7/c1-13-18(21(26)30-4)20(19(14(2)24-13)22(27)31-5)16-12-15(25(28)29)8-9-17(16)32-11-7-6-10-23-3/h8-9,12,18,20,23H,6-7,10-11H2,1-5H3. The van der Waals surface area contributed by atoms with Crippen molar-refractivity contribution in [2.45, 2.75) is 32.6 Å². The highest BCUT2D eigenvalue weighted by Crippen LogP contribution is 2.44. The summed E-state index contributed by atoms with van der Waals surface area (Å²) in [6.07, 6.45) is 1.63. The van der Waals surface area contributed by atoms with Gasteiger partial charge in [0.2, 0.25) is 0 Å². The van der Waals surface area contributed by atoms with E-state index >= 15 is 0 Å². The summed E-state index contributed by atoms with van der Waals surface area (Å²) < 4.78 is 15.9. The first-order chi connectivity index (χ1) is 15.3. The molecule has 0 radical (unpaired) electrons. The van der Waals surface area contributed by atoms with E-state index in [-0.39, 0.29) is 11.3 Å². The average molecular weight is 447 g/mol. The highest BCUT2D eigenvalue weighted by molar-refractivity contribution is 6.07. The van der Waals surface area contributed by atoms with Crippen LogP contribution < -0.4 is 10.1 Å². The number of methoxy groups -OCH3 is 2. The number of non-ortho nitro benzene ring substituents is 1. The van der Waals surface area contributed by atoms with Gasteiger partial charge >= 0.3 is 11.9 Å². The van der Waals surface area contributed by atoms with Crippen molar-refractivity contribution in [2.24, 2.45) is 10.9 Å². The summed E-state index contributed by atoms with van der Waals surface area (Å²) >= 11 is 0. The minimum absolute atomic E-state index is 0.133. The summed E-state index contributed by atoms with van der Waals surface area (Å²) in [5.74, 6) is -2.82. The lowest BCUT2D eigenvalue weighted by Crippen LogP contribution is -2.36. The Morgan fingerprint density at radius 3 is 2.50 bits per heavy atom. The molecule has 32 heavy (non-hydrogen) atoms. The summed E-state index contributed by atoms with van der Waals surface area (Å²) in [5.41, 5.74) is 1.07. The van der Waals surface area contributed by atoms with Crippen LogP contribution in [-0.4, -0.2) is 57.0 Å². The van der Waals surface area contributed by atoms with Crippen LogP contribution in [-0.2, 0) is 19.1 Å². The first-order valence-electron chi connectivity index (χ1n) is 10.2. The number of nitrogens with one attached hydrogen (secondary N) is 1. The van der Waals surface area contributed by atoms with E-state index in [0.29, 0.717) is 29.3 Å². The van der Waals surface area contributed by atoms with Gasteiger partial charge in [0.15, 0.2) is 0 Å². The summed E-state index contributed by atoms with van der Waals surface area (Å²) in [4.78, 5) is 40.7. The number of nitro benzene ring substituents is 1. The molecule has 0 fully saturated rings. The molecule has 1 heterocycles. The van der Waals surface area contributed by atoms with Gasteiger partial charge in [0.1, 0.15) is 11.7 Å². The highest BCUT2D eigenvalue weighted by atomic mass is 16.6. The van der Waals surface area contributed by atoms with Crippen LogP contribution in [0.4, 0.5) is 5.69 Å². The van der Waals surface area contributed by atoms with E-state index in [0.717, 1.165) is 19.4 Å². The van der Waals surface area contributed by atoms with Crippen LogP contribution in [0, 0.1) is 16.0 Å². The van der Waals surface area contributed by atoms with Gasteiger partial charge in [-0.1, -0.05) is 0 Å². The van der Waals surface area contributed by atoms with Gasteiger partial charge in [0.25, 0.3) is 5.69 Å². The number of ether oxygens (including phenoxy) is 3. The number of nitro groups is 1. The molecule has 1 aromatic rings. The van der Waals surface area contributed by atoms with Crippen LogP contribution in [0.15, 0.2) is 34.5 Å². The third-order valence-corrected chi connectivity index (χ3v) is 5.31. The normalized spacial score (nSPS) is 18.1. The second kappa shape index (κ2) is 11.4. The molecule has 2 unspecified atom stereocenters. The number of benzene rings is 1. The molecule has 0 spiro atoms. The van der Waals surface area contributed by atoms with Crippen LogP contribution in [0.25, 0.3) is 0 Å². The van der Waals surface area contributed by atoms with Gasteiger partial charge in [-0.05, 0) is 46.3 Å². The van der Waals surface area contributed by atoms with E-state index < -0.39 is 28.7 Å². The summed E-state index contributed by atoms with van der Waals surface area (Å²) in [6, 6.07) is 4.15. The van der Waals surface area contributed by atoms with E-state index in [2.05, 4.69) is 10.3 Å². The number of carbonyl (C=O) groups excluding carboxylic acids is 2. The van der Waals surface area contributed by atoms with E-state index in [1.54, 1.807) is 13.8 Å². The first-order valence-corrected chi connectivity index (χ1v) is 10.2. The molecule has 0 saturated heterocycles. The SMILES string of the molecule is CNCCCCOc1ccc([N+](=O)[O-])cc1C1C(C(=O)OC)=C(C)N=C(C)C1C(=O)OC. The third-order valence-electron chi connectivity index (χ3n) is 5.31. The topological polar surface area (TPSA) is 129 Å². The Kier molecular flexibility index (Phi) is 8.89. The van der Waals surface area contributed by atoms with Gasteiger partial charge in [-0.3, -0.25) is 19.9 Å². The summed E-state index contributed by atoms with van der Waals surface area (Å²) in [5, 5.41) is 14.5. The third kappa shape index (κ3) is 5.50. The molecule has 10 heteroatoms. The Morgan fingerprint density at radius 2 is 1.91 bits per heavy atom. The lowest BCUT2D eigenvalue weighted by Gasteiger charge is -2.31. The van der Waals surface area contributed by atoms with Crippen LogP contribution in [0.3, 0.4) is 0 Å². The zero-order chi connectivity index (χ0) is 23.8. The van der Waals surface area contributed by atoms with Crippen molar-refractivity contribution in [3.05, 3.63) is 45.1 Å². The van der Waals surface area contributed by atoms with E-state index in [4.69, 9.17) is 14.2 Å². The largest absolute Gasteiger partial charge is 0.493 e. The molecule has 0 amide bonds. The molecular weight excluding hydrogens is 418 g/mol. The minimum atomic E-state index is -0.966. The van der Waals surface area contributed by atoms with Gasteiger partial charge in [-0.15, -0.1) is 0 Å². The Balaban J connectivity index is 2.64. The van der Waals surface area contributed by atoms with Gasteiger partial charge in [-0.2, -0.15) is 0 Å². The van der Waals surface area contributed by atoms with Crippen molar-refractivity contribution in [3.8, 4) is 5.75 Å². The molecular formula is C22H29N3O7. The lowest BCUT2D eigenvalue weighted by atomic mass is 9.75. The van der Waals surface area contributed by atoms with Gasteiger partial charge in [-0.25, -0.2) is 4.79 Å². The number of hydrogen-bond donors (Lipinski definition) is 1. The fraction of sp³-hybridized carbons (Fsp3) is 0.500. The van der Waals surface area contributed by atoms with Crippen molar-refractivity contribution in [3.63, 3.8) is 0 Å². The predicted molar refractivity (Wildman–Crippen MR) is 118 cm³/mol. The van der Waals surface area contributed by atoms with Crippen LogP contribution in [0.1, 0.15) is 38.2 Å². The fourth-order valence-electron chi connectivity index (χ4n) is 3.79. The molecule has 1 N–H and O–H groups in total. The van der Waals surface area contributed by atoms with Crippen molar-refractivity contribution < 1.29 is 28.7 Å². The maximum absolute atomic E-state index is 12.7. The zero-order valence-corrected chi connectivity index (χ0v) is 19.0. The fourth-order valence-corrected chi connectivity index (χ4v) is 3.79. The van der Waals surface area contributed by atoms with Gasteiger partial charge in [0, 0.05) is 35.0 Å². The van der Waals surface area contributed by atoms with Gasteiger partial charge in [0.05, 0.1) is 31.3 Å². The smallest absolute Gasteiger partial charge is 0.336 e. The Bertz CT molecular complexity index is 939. The number of unbranched alkanes of at least 4 members (excludes halogenated alkanes) is 1. The minimum Gasteiger partial charge on any atom is -0.493 e. The highest BCUT2D eigenvalue weighted by Gasteiger charge is 2.43. The Labute approximate surface area is 186 Å². The Morgan fingerprint density at radius 1 is 1.19 bits per heavy atom. The molecule has 2 rings (SSSR count). The number of nitrogens with zero attached hydrogens (tertiary/aromatic N) is 2. The number of aliphatic imine (C=N–C) groups is 1. The van der Waals surface area contributed by atoms with Crippen LogP contribution >= 0.6 is 0 Å². The molecule has 1 aromatic carbocycles. The number of rotatable bonds is 10. The molecule has 0 aromatic heterocycles. The Hall–Kier alpha value is -3.27. The number of allylic oxidation sites excluding steroid dienone is 1. The predicted octanol–water partition coefficient (Wildman–Crippen LogP) is 2.77. The number of hydrogen-bond acceptors (Lipinski definition) is 9. The zero-order valence-electron chi connectivity index (χ0n) is 19.0. The van der Waals surface area contributed by atoms with E-state index in [1.807, 2.05) is 7.05 Å². The van der Waals surface area contributed by atoms with Crippen molar-refractivity contribution in [1.82, 2.24) is 5.32 Å². The monoisotopic (exact) mass is 447 g/mol. The molecule has 2 atom stereocenters. The molecule has 0 saturated carbocycles. The molecule has 0 bridgehead atoms. The maximum atomic E-state index is 12.7. The molecule has 10 nitrogen and oxygen atoms in total. The second-order valence-electron chi connectivity index (χ2n) is 7.36. The molecule has 0 aliphatic carbocycles. The van der Waals surface area contributed by atoms with Crippen molar-refractivity contribution in [1.29, 1.82) is 0 Å². The summed E-state index contributed by atoms with van der Waals surface area (Å²) in [6.45, 7) is 4.48. The average Bonchev–Trinajstić information content (AvgIpc) is 2.77. The maximum Gasteiger partial charge on any atom is 0.336 e. The van der Waals surface area contributed by atoms with Crippen molar-refractivity contribution in [2.75, 3.05) is 34.4 Å². The summed E-state index contributed by atoms with van der Waals surface area (Å²) in [7, 11) is 4.32.